The summed E-state index contributed by atoms with van der Waals surface area (Å²) >= 11 is 2.09. The van der Waals surface area contributed by atoms with Crippen molar-refractivity contribution in [1.82, 2.24) is 19.7 Å². The third-order valence-corrected chi connectivity index (χ3v) is 4.20. The molecular weight excluding hydrogens is 411 g/mol. The minimum atomic E-state index is -0.944. The number of carboxylic acid groups (broad SMARTS) is 1. The van der Waals surface area contributed by atoms with E-state index in [1.165, 1.54) is 4.68 Å². The number of rotatable bonds is 4. The number of fused-ring (bicyclic) bond motifs is 1. The molecule has 0 fully saturated rings. The van der Waals surface area contributed by atoms with Crippen LogP contribution < -0.4 is 4.74 Å². The molecule has 7 nitrogen and oxygen atoms in total. The van der Waals surface area contributed by atoms with E-state index in [-0.39, 0.29) is 6.54 Å². The van der Waals surface area contributed by atoms with Crippen molar-refractivity contribution >= 4 is 39.5 Å². The molecule has 0 unspecified atom stereocenters. The Kier molecular flexibility index (Phi) is 4.16. The Labute approximate surface area is 145 Å². The minimum absolute atomic E-state index is 0.199. The smallest absolute Gasteiger partial charge is 0.325 e. The predicted molar refractivity (Wildman–Crippen MR) is 92.4 cm³/mol. The van der Waals surface area contributed by atoms with Crippen LogP contribution in [0.15, 0.2) is 24.5 Å². The van der Waals surface area contributed by atoms with Crippen molar-refractivity contribution in [2.45, 2.75) is 13.5 Å². The van der Waals surface area contributed by atoms with Crippen LogP contribution in [0.3, 0.4) is 0 Å². The van der Waals surface area contributed by atoms with E-state index in [0.717, 1.165) is 20.2 Å². The van der Waals surface area contributed by atoms with Gasteiger partial charge in [0.15, 0.2) is 0 Å². The number of aryl methyl sites for hydroxylation is 1. The van der Waals surface area contributed by atoms with Gasteiger partial charge in [-0.1, -0.05) is 0 Å². The fourth-order valence-corrected chi connectivity index (χ4v) is 3.03. The van der Waals surface area contributed by atoms with Gasteiger partial charge in [-0.05, 0) is 35.6 Å². The SMILES string of the molecule is COc1cc2c(cc1-c1cnc(C)nc1)c(I)nn2CC(=O)O. The molecule has 0 aliphatic heterocycles. The molecule has 2 heterocycles. The lowest BCUT2D eigenvalue weighted by Gasteiger charge is -2.09. The molecule has 2 aromatic heterocycles. The molecule has 1 N–H and O–H groups in total. The molecule has 0 saturated heterocycles. The van der Waals surface area contributed by atoms with E-state index in [2.05, 4.69) is 37.7 Å². The molecule has 118 valence electrons. The highest BCUT2D eigenvalue weighted by Crippen LogP contribution is 2.35. The number of methoxy groups -OCH3 is 1. The number of carbonyl (C=O) groups is 1. The van der Waals surface area contributed by atoms with Crippen LogP contribution in [-0.4, -0.2) is 37.9 Å². The second kappa shape index (κ2) is 6.11. The molecule has 3 aromatic rings. The number of benzene rings is 1. The zero-order valence-corrected chi connectivity index (χ0v) is 14.6. The van der Waals surface area contributed by atoms with E-state index in [1.807, 2.05) is 13.0 Å². The van der Waals surface area contributed by atoms with Crippen LogP contribution in [-0.2, 0) is 11.3 Å². The van der Waals surface area contributed by atoms with Gasteiger partial charge >= 0.3 is 5.97 Å². The lowest BCUT2D eigenvalue weighted by atomic mass is 10.1. The first-order valence-electron chi connectivity index (χ1n) is 6.74. The van der Waals surface area contributed by atoms with Gasteiger partial charge in [0.25, 0.3) is 0 Å². The van der Waals surface area contributed by atoms with E-state index in [9.17, 15) is 4.79 Å². The predicted octanol–water partition coefficient (Wildman–Crippen LogP) is 2.50. The van der Waals surface area contributed by atoms with Crippen molar-refractivity contribution in [2.24, 2.45) is 0 Å². The van der Waals surface area contributed by atoms with Gasteiger partial charge in [0.1, 0.15) is 21.8 Å². The zero-order chi connectivity index (χ0) is 16.6. The normalized spacial score (nSPS) is 10.9. The van der Waals surface area contributed by atoms with Gasteiger partial charge in [-0.25, -0.2) is 9.97 Å². The van der Waals surface area contributed by atoms with Gasteiger partial charge < -0.3 is 9.84 Å². The van der Waals surface area contributed by atoms with Crippen molar-refractivity contribution < 1.29 is 14.6 Å². The average molecular weight is 424 g/mol. The Morgan fingerprint density at radius 2 is 2.04 bits per heavy atom. The molecule has 3 rings (SSSR count). The first-order chi connectivity index (χ1) is 11.0. The van der Waals surface area contributed by atoms with E-state index in [1.54, 1.807) is 25.6 Å². The number of hydrogen-bond donors (Lipinski definition) is 1. The summed E-state index contributed by atoms with van der Waals surface area (Å²) in [6, 6.07) is 3.72. The molecule has 0 radical (unpaired) electrons. The van der Waals surface area contributed by atoms with Gasteiger partial charge in [0.05, 0.1) is 12.6 Å². The van der Waals surface area contributed by atoms with E-state index in [0.29, 0.717) is 17.1 Å². The molecule has 23 heavy (non-hydrogen) atoms. The molecule has 0 aliphatic rings. The van der Waals surface area contributed by atoms with E-state index < -0.39 is 5.97 Å². The summed E-state index contributed by atoms with van der Waals surface area (Å²) in [6.45, 7) is 1.62. The Balaban J connectivity index is 2.22. The van der Waals surface area contributed by atoms with Crippen LogP contribution in [0.4, 0.5) is 0 Å². The molecule has 0 spiro atoms. The lowest BCUT2D eigenvalue weighted by Crippen LogP contribution is -2.10. The van der Waals surface area contributed by atoms with Crippen LogP contribution in [0.1, 0.15) is 5.82 Å². The summed E-state index contributed by atoms with van der Waals surface area (Å²) in [5, 5.41) is 14.2. The second-order valence-electron chi connectivity index (χ2n) is 4.93. The van der Waals surface area contributed by atoms with Gasteiger partial charge in [-0.3, -0.25) is 9.48 Å². The van der Waals surface area contributed by atoms with Crippen LogP contribution >= 0.6 is 22.6 Å². The third-order valence-electron chi connectivity index (χ3n) is 3.40. The highest BCUT2D eigenvalue weighted by atomic mass is 127. The fourth-order valence-electron chi connectivity index (χ4n) is 2.34. The summed E-state index contributed by atoms with van der Waals surface area (Å²) < 4.78 is 7.65. The van der Waals surface area contributed by atoms with Crippen LogP contribution in [0.5, 0.6) is 5.75 Å². The number of nitrogens with zero attached hydrogens (tertiary/aromatic N) is 4. The Morgan fingerprint density at radius 1 is 1.35 bits per heavy atom. The van der Waals surface area contributed by atoms with Crippen molar-refractivity contribution in [3.05, 3.63) is 34.1 Å². The Morgan fingerprint density at radius 3 is 2.65 bits per heavy atom. The van der Waals surface area contributed by atoms with Crippen molar-refractivity contribution in [3.8, 4) is 16.9 Å². The van der Waals surface area contributed by atoms with Gasteiger partial charge in [0.2, 0.25) is 0 Å². The van der Waals surface area contributed by atoms with Crippen molar-refractivity contribution in [2.75, 3.05) is 7.11 Å². The van der Waals surface area contributed by atoms with Gasteiger partial charge in [-0.2, -0.15) is 5.10 Å². The van der Waals surface area contributed by atoms with Crippen molar-refractivity contribution in [1.29, 1.82) is 0 Å². The van der Waals surface area contributed by atoms with Gasteiger partial charge in [0, 0.05) is 35.0 Å². The van der Waals surface area contributed by atoms with E-state index >= 15 is 0 Å². The van der Waals surface area contributed by atoms with E-state index in [4.69, 9.17) is 9.84 Å². The van der Waals surface area contributed by atoms with Gasteiger partial charge in [-0.15, -0.1) is 0 Å². The molecule has 0 aliphatic carbocycles. The molecule has 0 amide bonds. The average Bonchev–Trinajstić information content (AvgIpc) is 2.81. The molecular formula is C15H13IN4O3. The number of aliphatic carboxylic acids is 1. The highest BCUT2D eigenvalue weighted by molar-refractivity contribution is 14.1. The summed E-state index contributed by atoms with van der Waals surface area (Å²) in [4.78, 5) is 19.4. The molecule has 1 aromatic carbocycles. The summed E-state index contributed by atoms with van der Waals surface area (Å²) in [5.74, 6) is 0.367. The number of carboxylic acids is 1. The summed E-state index contributed by atoms with van der Waals surface area (Å²) in [7, 11) is 1.57. The topological polar surface area (TPSA) is 90.1 Å². The van der Waals surface area contributed by atoms with Crippen LogP contribution in [0.25, 0.3) is 22.0 Å². The Hall–Kier alpha value is -2.23. The maximum absolute atomic E-state index is 11.0. The van der Waals surface area contributed by atoms with Crippen LogP contribution in [0.2, 0.25) is 0 Å². The molecule has 0 atom stereocenters. The first-order valence-corrected chi connectivity index (χ1v) is 7.82. The fraction of sp³-hybridized carbons (Fsp3) is 0.200. The number of halogens is 1. The zero-order valence-electron chi connectivity index (χ0n) is 12.4. The quantitative estimate of drug-likeness (QED) is 0.648. The highest BCUT2D eigenvalue weighted by Gasteiger charge is 2.16. The minimum Gasteiger partial charge on any atom is -0.496 e. The largest absolute Gasteiger partial charge is 0.496 e. The summed E-state index contributed by atoms with van der Waals surface area (Å²) in [6.07, 6.45) is 3.47. The maximum Gasteiger partial charge on any atom is 0.325 e. The number of ether oxygens (including phenoxy) is 1. The first kappa shape index (κ1) is 15.7. The molecule has 0 bridgehead atoms. The maximum atomic E-state index is 11.0. The van der Waals surface area contributed by atoms with Crippen LogP contribution in [0, 0.1) is 10.6 Å². The lowest BCUT2D eigenvalue weighted by molar-refractivity contribution is -0.137. The third kappa shape index (κ3) is 2.98. The van der Waals surface area contributed by atoms with Crippen molar-refractivity contribution in [3.63, 3.8) is 0 Å². The molecule has 0 saturated carbocycles. The number of hydrogen-bond acceptors (Lipinski definition) is 5. The standard InChI is InChI=1S/C15H13IN4O3/c1-8-17-5-9(6-18-8)10-3-11-12(4-13(10)23-2)20(7-14(21)22)19-15(11)16/h3-6H,7H2,1-2H3,(H,21,22). The second-order valence-corrected chi connectivity index (χ2v) is 5.95. The molecule has 8 heteroatoms. The number of aromatic nitrogens is 4. The Bertz CT molecular complexity index is 890. The summed E-state index contributed by atoms with van der Waals surface area (Å²) in [5.41, 5.74) is 2.38. The monoisotopic (exact) mass is 424 g/mol.